The fraction of sp³-hybridized carbons (Fsp3) is 0.462. The number of carbonyl (C=O) groups excluding carboxylic acids is 1. The third kappa shape index (κ3) is 3.46. The molecule has 2 rings (SSSR count). The second kappa shape index (κ2) is 6.20. The van der Waals surface area contributed by atoms with Crippen LogP contribution in [-0.2, 0) is 9.47 Å². The number of ether oxygens (including phenoxy) is 2. The minimum Gasteiger partial charge on any atom is -0.462 e. The Balaban J connectivity index is 1.90. The minimum absolute atomic E-state index is 0.355. The Kier molecular flexibility index (Phi) is 4.60. The van der Waals surface area contributed by atoms with Crippen LogP contribution < -0.4 is 5.73 Å². The van der Waals surface area contributed by atoms with Crippen molar-refractivity contribution in [3.63, 3.8) is 0 Å². The van der Waals surface area contributed by atoms with Crippen molar-refractivity contribution in [2.75, 3.05) is 25.6 Å². The lowest BCUT2D eigenvalue weighted by Gasteiger charge is -2.21. The molecule has 1 fully saturated rings. The lowest BCUT2D eigenvalue weighted by molar-refractivity contribution is 0.0186. The third-order valence-electron chi connectivity index (χ3n) is 3.02. The molecule has 0 saturated carbocycles. The second-order valence-corrected chi connectivity index (χ2v) is 5.30. The number of rotatable bonds is 3. The van der Waals surface area contributed by atoms with Gasteiger partial charge in [-0.3, -0.25) is 0 Å². The predicted molar refractivity (Wildman–Crippen MR) is 72.4 cm³/mol. The smallest absolute Gasteiger partial charge is 0.340 e. The van der Waals surface area contributed by atoms with E-state index in [4.69, 9.17) is 15.2 Å². The summed E-state index contributed by atoms with van der Waals surface area (Å²) >= 11 is 3.30. The van der Waals surface area contributed by atoms with Gasteiger partial charge in [-0.05, 0) is 37.0 Å². The van der Waals surface area contributed by atoms with Gasteiger partial charge in [0.05, 0.1) is 12.2 Å². The van der Waals surface area contributed by atoms with Crippen molar-refractivity contribution >= 4 is 27.6 Å². The van der Waals surface area contributed by atoms with Crippen LogP contribution >= 0.6 is 15.9 Å². The molecule has 0 aliphatic carbocycles. The average Bonchev–Trinajstić information content (AvgIpc) is 2.37. The highest BCUT2D eigenvalue weighted by molar-refractivity contribution is 9.10. The van der Waals surface area contributed by atoms with Crippen molar-refractivity contribution in [1.82, 2.24) is 0 Å². The Morgan fingerprint density at radius 2 is 2.17 bits per heavy atom. The zero-order chi connectivity index (χ0) is 13.0. The molecular formula is C13H16BrNO3. The molecule has 1 saturated heterocycles. The number of esters is 1. The van der Waals surface area contributed by atoms with Crippen LogP contribution in [0, 0.1) is 5.92 Å². The third-order valence-corrected chi connectivity index (χ3v) is 3.52. The average molecular weight is 314 g/mol. The number of benzene rings is 1. The van der Waals surface area contributed by atoms with Gasteiger partial charge < -0.3 is 15.2 Å². The quantitative estimate of drug-likeness (QED) is 0.688. The highest BCUT2D eigenvalue weighted by atomic mass is 79.9. The monoisotopic (exact) mass is 313 g/mol. The van der Waals surface area contributed by atoms with Crippen LogP contribution in [0.4, 0.5) is 5.69 Å². The number of hydrogen-bond donors (Lipinski definition) is 1. The van der Waals surface area contributed by atoms with Crippen molar-refractivity contribution in [2.45, 2.75) is 12.8 Å². The van der Waals surface area contributed by atoms with Crippen LogP contribution in [0.3, 0.4) is 0 Å². The highest BCUT2D eigenvalue weighted by Crippen LogP contribution is 2.20. The van der Waals surface area contributed by atoms with Crippen LogP contribution in [0.5, 0.6) is 0 Å². The van der Waals surface area contributed by atoms with Gasteiger partial charge in [-0.15, -0.1) is 0 Å². The first-order valence-corrected chi connectivity index (χ1v) is 6.76. The van der Waals surface area contributed by atoms with Crippen molar-refractivity contribution in [2.24, 2.45) is 5.92 Å². The molecule has 2 N–H and O–H groups in total. The molecule has 0 atom stereocenters. The van der Waals surface area contributed by atoms with E-state index in [1.807, 2.05) is 0 Å². The SMILES string of the molecule is Nc1cc(Br)ccc1C(=O)OCC1CCOCC1. The first kappa shape index (κ1) is 13.4. The van der Waals surface area contributed by atoms with E-state index in [1.54, 1.807) is 18.2 Å². The Morgan fingerprint density at radius 1 is 1.44 bits per heavy atom. The van der Waals surface area contributed by atoms with Crippen molar-refractivity contribution in [3.8, 4) is 0 Å². The Morgan fingerprint density at radius 3 is 2.83 bits per heavy atom. The summed E-state index contributed by atoms with van der Waals surface area (Å²) in [5.74, 6) is 0.0471. The Labute approximate surface area is 115 Å². The van der Waals surface area contributed by atoms with E-state index >= 15 is 0 Å². The summed E-state index contributed by atoms with van der Waals surface area (Å²) in [7, 11) is 0. The fourth-order valence-electron chi connectivity index (χ4n) is 1.90. The topological polar surface area (TPSA) is 61.6 Å². The zero-order valence-corrected chi connectivity index (χ0v) is 11.6. The number of carbonyl (C=O) groups is 1. The summed E-state index contributed by atoms with van der Waals surface area (Å²) in [5.41, 5.74) is 6.63. The summed E-state index contributed by atoms with van der Waals surface area (Å²) < 4.78 is 11.4. The van der Waals surface area contributed by atoms with Gasteiger partial charge in [0.25, 0.3) is 0 Å². The number of hydrogen-bond acceptors (Lipinski definition) is 4. The van der Waals surface area contributed by atoms with Crippen LogP contribution in [0.15, 0.2) is 22.7 Å². The predicted octanol–water partition coefficient (Wildman–Crippen LogP) is 2.61. The Hall–Kier alpha value is -1.07. The molecule has 0 bridgehead atoms. The van der Waals surface area contributed by atoms with Gasteiger partial charge in [-0.2, -0.15) is 0 Å². The van der Waals surface area contributed by atoms with E-state index in [-0.39, 0.29) is 5.97 Å². The highest BCUT2D eigenvalue weighted by Gasteiger charge is 2.17. The molecule has 98 valence electrons. The number of nitrogen functional groups attached to an aromatic ring is 1. The molecular weight excluding hydrogens is 298 g/mol. The summed E-state index contributed by atoms with van der Waals surface area (Å²) in [6, 6.07) is 5.15. The van der Waals surface area contributed by atoms with Crippen molar-refractivity contribution in [1.29, 1.82) is 0 Å². The zero-order valence-electron chi connectivity index (χ0n) is 10.0. The maximum Gasteiger partial charge on any atom is 0.340 e. The van der Waals surface area contributed by atoms with Crippen LogP contribution in [0.1, 0.15) is 23.2 Å². The molecule has 1 aromatic carbocycles. The molecule has 1 heterocycles. The van der Waals surface area contributed by atoms with E-state index in [1.165, 1.54) is 0 Å². The molecule has 1 aliphatic rings. The summed E-state index contributed by atoms with van der Waals surface area (Å²) in [6.07, 6.45) is 1.90. The number of nitrogens with two attached hydrogens (primary N) is 1. The van der Waals surface area contributed by atoms with E-state index in [9.17, 15) is 4.79 Å². The number of halogens is 1. The van der Waals surface area contributed by atoms with Crippen molar-refractivity contribution in [3.05, 3.63) is 28.2 Å². The lowest BCUT2D eigenvalue weighted by Crippen LogP contribution is -2.22. The first-order valence-electron chi connectivity index (χ1n) is 5.96. The van der Waals surface area contributed by atoms with E-state index in [0.717, 1.165) is 30.5 Å². The van der Waals surface area contributed by atoms with Gasteiger partial charge in [-0.1, -0.05) is 15.9 Å². The molecule has 5 heteroatoms. The summed E-state index contributed by atoms with van der Waals surface area (Å²) in [4.78, 5) is 11.9. The molecule has 0 aromatic heterocycles. The van der Waals surface area contributed by atoms with E-state index in [0.29, 0.717) is 23.8 Å². The second-order valence-electron chi connectivity index (χ2n) is 4.39. The van der Waals surface area contributed by atoms with Gasteiger partial charge in [0, 0.05) is 23.4 Å². The molecule has 0 radical (unpaired) electrons. The first-order chi connectivity index (χ1) is 8.66. The maximum absolute atomic E-state index is 11.9. The van der Waals surface area contributed by atoms with Gasteiger partial charge in [0.1, 0.15) is 0 Å². The van der Waals surface area contributed by atoms with Crippen LogP contribution in [0.25, 0.3) is 0 Å². The molecule has 1 aromatic rings. The minimum atomic E-state index is -0.355. The molecule has 1 aliphatic heterocycles. The van der Waals surface area contributed by atoms with Gasteiger partial charge in [-0.25, -0.2) is 4.79 Å². The molecule has 18 heavy (non-hydrogen) atoms. The van der Waals surface area contributed by atoms with E-state index in [2.05, 4.69) is 15.9 Å². The largest absolute Gasteiger partial charge is 0.462 e. The lowest BCUT2D eigenvalue weighted by atomic mass is 10.0. The normalized spacial score (nSPS) is 16.5. The molecule has 0 unspecified atom stereocenters. The molecule has 0 amide bonds. The van der Waals surface area contributed by atoms with Gasteiger partial charge in [0.2, 0.25) is 0 Å². The molecule has 4 nitrogen and oxygen atoms in total. The van der Waals surface area contributed by atoms with Gasteiger partial charge in [0.15, 0.2) is 0 Å². The summed E-state index contributed by atoms with van der Waals surface area (Å²) in [6.45, 7) is 1.95. The Bertz CT molecular complexity index is 430. The van der Waals surface area contributed by atoms with Crippen LogP contribution in [-0.4, -0.2) is 25.8 Å². The fourth-order valence-corrected chi connectivity index (χ4v) is 2.28. The summed E-state index contributed by atoms with van der Waals surface area (Å²) in [5, 5.41) is 0. The standard InChI is InChI=1S/C13H16BrNO3/c14-10-1-2-11(12(15)7-10)13(16)18-8-9-3-5-17-6-4-9/h1-2,7,9H,3-6,8,15H2. The molecule has 0 spiro atoms. The maximum atomic E-state index is 11.9. The van der Waals surface area contributed by atoms with E-state index < -0.39 is 0 Å². The van der Waals surface area contributed by atoms with Crippen LogP contribution in [0.2, 0.25) is 0 Å². The number of anilines is 1. The van der Waals surface area contributed by atoms with Crippen molar-refractivity contribution < 1.29 is 14.3 Å². The van der Waals surface area contributed by atoms with Gasteiger partial charge >= 0.3 is 5.97 Å².